The minimum Gasteiger partial charge on any atom is -0.330 e. The Bertz CT molecular complexity index is 397. The molecule has 0 bridgehead atoms. The summed E-state index contributed by atoms with van der Waals surface area (Å²) in [6.07, 6.45) is 3.79. The maximum absolute atomic E-state index is 12.7. The lowest BCUT2D eigenvalue weighted by atomic mass is 9.69. The van der Waals surface area contributed by atoms with E-state index in [4.69, 9.17) is 5.73 Å². The number of hydrogen-bond donors (Lipinski definition) is 1. The highest BCUT2D eigenvalue weighted by molar-refractivity contribution is 7.92. The van der Waals surface area contributed by atoms with Crippen molar-refractivity contribution < 1.29 is 8.42 Å². The van der Waals surface area contributed by atoms with Crippen molar-refractivity contribution in [3.8, 4) is 0 Å². The molecular formula is C16H33NO2S. The van der Waals surface area contributed by atoms with Gasteiger partial charge in [0.2, 0.25) is 0 Å². The minimum absolute atomic E-state index is 0.155. The predicted molar refractivity (Wildman–Crippen MR) is 86.4 cm³/mol. The van der Waals surface area contributed by atoms with Crippen molar-refractivity contribution in [2.45, 2.75) is 65.6 Å². The average molecular weight is 304 g/mol. The van der Waals surface area contributed by atoms with Crippen LogP contribution in [0, 0.1) is 23.2 Å². The Morgan fingerprint density at radius 1 is 1.25 bits per heavy atom. The highest BCUT2D eigenvalue weighted by Gasteiger charge is 2.41. The first-order valence-electron chi connectivity index (χ1n) is 8.03. The molecule has 1 rings (SSSR count). The third kappa shape index (κ3) is 4.45. The second-order valence-corrected chi connectivity index (χ2v) is 10.0. The highest BCUT2D eigenvalue weighted by Crippen LogP contribution is 2.42. The van der Waals surface area contributed by atoms with E-state index in [0.717, 1.165) is 25.7 Å². The molecule has 4 unspecified atom stereocenters. The molecule has 0 amide bonds. The molecule has 20 heavy (non-hydrogen) atoms. The Hall–Kier alpha value is -0.0900. The van der Waals surface area contributed by atoms with E-state index >= 15 is 0 Å². The molecule has 0 spiro atoms. The molecule has 2 N–H and O–H groups in total. The molecule has 0 aromatic heterocycles. The lowest BCUT2D eigenvalue weighted by Crippen LogP contribution is -2.44. The van der Waals surface area contributed by atoms with E-state index in [-0.39, 0.29) is 22.5 Å². The average Bonchev–Trinajstić information content (AvgIpc) is 2.36. The summed E-state index contributed by atoms with van der Waals surface area (Å²) in [6.45, 7) is 11.2. The van der Waals surface area contributed by atoms with Crippen molar-refractivity contribution in [3.05, 3.63) is 0 Å². The van der Waals surface area contributed by atoms with E-state index in [1.807, 2.05) is 6.92 Å². The molecule has 1 aliphatic carbocycles. The van der Waals surface area contributed by atoms with Gasteiger partial charge in [0.25, 0.3) is 0 Å². The molecule has 4 atom stereocenters. The Kier molecular flexibility index (Phi) is 6.09. The summed E-state index contributed by atoms with van der Waals surface area (Å²) in [5, 5.41) is -0.223. The van der Waals surface area contributed by atoms with Gasteiger partial charge in [-0.2, -0.15) is 0 Å². The van der Waals surface area contributed by atoms with Crippen molar-refractivity contribution in [2.75, 3.05) is 12.3 Å². The molecule has 0 aliphatic heterocycles. The van der Waals surface area contributed by atoms with Gasteiger partial charge in [-0.1, -0.05) is 41.0 Å². The maximum atomic E-state index is 12.7. The molecule has 4 heteroatoms. The van der Waals surface area contributed by atoms with Gasteiger partial charge in [0, 0.05) is 0 Å². The second-order valence-electron chi connectivity index (χ2n) is 7.75. The van der Waals surface area contributed by atoms with Crippen molar-refractivity contribution in [1.82, 2.24) is 0 Å². The Morgan fingerprint density at radius 2 is 1.85 bits per heavy atom. The van der Waals surface area contributed by atoms with Crippen LogP contribution in [0.5, 0.6) is 0 Å². The lowest BCUT2D eigenvalue weighted by molar-refractivity contribution is 0.154. The van der Waals surface area contributed by atoms with Crippen LogP contribution < -0.4 is 5.73 Å². The summed E-state index contributed by atoms with van der Waals surface area (Å²) < 4.78 is 25.5. The summed E-state index contributed by atoms with van der Waals surface area (Å²) >= 11 is 0. The van der Waals surface area contributed by atoms with Crippen LogP contribution in [0.2, 0.25) is 0 Å². The number of rotatable bonds is 5. The zero-order valence-corrected chi connectivity index (χ0v) is 14.7. The van der Waals surface area contributed by atoms with Crippen molar-refractivity contribution in [2.24, 2.45) is 28.9 Å². The maximum Gasteiger partial charge on any atom is 0.153 e. The standard InChI is InChI=1S/C16H33NO2S/c1-6-12(2)11-20(18,19)15-9-14(16(3,4)5)8-7-13(15)10-17/h12-15H,6-11,17H2,1-5H3. The first-order valence-corrected chi connectivity index (χ1v) is 9.75. The van der Waals surface area contributed by atoms with Crippen LogP contribution in [-0.4, -0.2) is 26.0 Å². The Labute approximate surface area is 125 Å². The van der Waals surface area contributed by atoms with Crippen LogP contribution in [0.3, 0.4) is 0 Å². The lowest BCUT2D eigenvalue weighted by Gasteiger charge is -2.41. The van der Waals surface area contributed by atoms with Gasteiger partial charge in [0.15, 0.2) is 9.84 Å². The van der Waals surface area contributed by atoms with E-state index in [0.29, 0.717) is 18.2 Å². The van der Waals surface area contributed by atoms with Crippen molar-refractivity contribution in [3.63, 3.8) is 0 Å². The van der Waals surface area contributed by atoms with Gasteiger partial charge >= 0.3 is 0 Å². The van der Waals surface area contributed by atoms with E-state index in [1.165, 1.54) is 0 Å². The Morgan fingerprint density at radius 3 is 2.30 bits per heavy atom. The monoisotopic (exact) mass is 303 g/mol. The molecule has 120 valence electrons. The van der Waals surface area contributed by atoms with Crippen LogP contribution in [0.15, 0.2) is 0 Å². The fourth-order valence-electron chi connectivity index (χ4n) is 3.33. The van der Waals surface area contributed by atoms with Gasteiger partial charge in [-0.25, -0.2) is 8.42 Å². The molecule has 1 aliphatic rings. The SMILES string of the molecule is CCC(C)CS(=O)(=O)C1CC(C(C)(C)C)CCC1CN. The summed E-state index contributed by atoms with van der Waals surface area (Å²) in [5.41, 5.74) is 6.03. The zero-order chi connectivity index (χ0) is 15.6. The van der Waals surface area contributed by atoms with Gasteiger partial charge in [-0.05, 0) is 49.0 Å². The summed E-state index contributed by atoms with van der Waals surface area (Å²) in [7, 11) is -3.03. The molecule has 1 saturated carbocycles. The van der Waals surface area contributed by atoms with E-state index in [9.17, 15) is 8.42 Å². The first-order chi connectivity index (χ1) is 9.11. The van der Waals surface area contributed by atoms with Gasteiger partial charge in [0.1, 0.15) is 0 Å². The molecule has 1 fully saturated rings. The largest absolute Gasteiger partial charge is 0.330 e. The Balaban J connectivity index is 2.91. The van der Waals surface area contributed by atoms with Gasteiger partial charge in [-0.3, -0.25) is 0 Å². The predicted octanol–water partition coefficient (Wildman–Crippen LogP) is 3.24. The van der Waals surface area contributed by atoms with E-state index < -0.39 is 9.84 Å². The minimum atomic E-state index is -3.03. The molecule has 0 saturated heterocycles. The summed E-state index contributed by atoms with van der Waals surface area (Å²) in [4.78, 5) is 0. The molecule has 0 aromatic carbocycles. The van der Waals surface area contributed by atoms with E-state index in [1.54, 1.807) is 0 Å². The molecule has 0 aromatic rings. The first kappa shape index (κ1) is 18.0. The number of nitrogens with two attached hydrogens (primary N) is 1. The third-order valence-electron chi connectivity index (χ3n) is 5.13. The molecule has 0 radical (unpaired) electrons. The topological polar surface area (TPSA) is 60.2 Å². The molecular weight excluding hydrogens is 270 g/mol. The molecule has 0 heterocycles. The smallest absolute Gasteiger partial charge is 0.153 e. The van der Waals surface area contributed by atoms with Gasteiger partial charge < -0.3 is 5.73 Å². The fourth-order valence-corrected chi connectivity index (χ4v) is 5.96. The van der Waals surface area contributed by atoms with E-state index in [2.05, 4.69) is 27.7 Å². The van der Waals surface area contributed by atoms with Crippen LogP contribution in [0.1, 0.15) is 60.3 Å². The zero-order valence-electron chi connectivity index (χ0n) is 13.9. The van der Waals surface area contributed by atoms with Crippen molar-refractivity contribution >= 4 is 9.84 Å². The van der Waals surface area contributed by atoms with Crippen LogP contribution in [0.25, 0.3) is 0 Å². The second kappa shape index (κ2) is 6.78. The van der Waals surface area contributed by atoms with Crippen LogP contribution >= 0.6 is 0 Å². The third-order valence-corrected chi connectivity index (χ3v) is 7.66. The van der Waals surface area contributed by atoms with Crippen LogP contribution in [0.4, 0.5) is 0 Å². The summed E-state index contributed by atoms with van der Waals surface area (Å²) in [6, 6.07) is 0. The number of hydrogen-bond acceptors (Lipinski definition) is 3. The number of sulfone groups is 1. The van der Waals surface area contributed by atoms with Crippen molar-refractivity contribution in [1.29, 1.82) is 0 Å². The highest BCUT2D eigenvalue weighted by atomic mass is 32.2. The quantitative estimate of drug-likeness (QED) is 0.848. The van der Waals surface area contributed by atoms with Crippen LogP contribution in [-0.2, 0) is 9.84 Å². The van der Waals surface area contributed by atoms with Gasteiger partial charge in [0.05, 0.1) is 11.0 Å². The van der Waals surface area contributed by atoms with Gasteiger partial charge in [-0.15, -0.1) is 0 Å². The fraction of sp³-hybridized carbons (Fsp3) is 1.00. The summed E-state index contributed by atoms with van der Waals surface area (Å²) in [5.74, 6) is 1.21. The molecule has 3 nitrogen and oxygen atoms in total. The normalized spacial score (nSPS) is 30.2.